The molecule has 5 heteroatoms. The van der Waals surface area contributed by atoms with E-state index in [0.717, 1.165) is 12.8 Å². The summed E-state index contributed by atoms with van der Waals surface area (Å²) in [6, 6.07) is 0. The number of rotatable bonds is 10. The zero-order valence-electron chi connectivity index (χ0n) is 11.8. The lowest BCUT2D eigenvalue weighted by Crippen LogP contribution is -2.10. The van der Waals surface area contributed by atoms with Crippen molar-refractivity contribution in [3.63, 3.8) is 0 Å². The smallest absolute Gasteiger partial charge is 0.327 e. The molecule has 0 aromatic carbocycles. The molecule has 4 N–H and O–H groups in total. The van der Waals surface area contributed by atoms with E-state index in [1.54, 1.807) is 6.08 Å². The molecule has 0 aliphatic heterocycles. The standard InChI is InChI=1S/C12H22O2.C2H5NO2/c1-2-3-4-5-6-7-8-9-10-11-12(13)14;3-1-2(4)5/h10-11H,2-9H2,1H3,(H,13,14);1,3H2,(H,4,5)/b11-10+;. The molecule has 0 bridgehead atoms. The minimum absolute atomic E-state index is 0.278. The van der Waals surface area contributed by atoms with Gasteiger partial charge in [0.25, 0.3) is 0 Å². The minimum Gasteiger partial charge on any atom is -0.480 e. The number of carbonyl (C=O) groups is 2. The van der Waals surface area contributed by atoms with Crippen LogP contribution in [0.5, 0.6) is 0 Å². The van der Waals surface area contributed by atoms with Gasteiger partial charge in [-0.25, -0.2) is 4.79 Å². The molecule has 19 heavy (non-hydrogen) atoms. The molecule has 0 aliphatic rings. The SMILES string of the molecule is CCCCCCCCC/C=C/C(=O)O.NCC(=O)O. The predicted octanol–water partition coefficient (Wildman–Crippen LogP) is 2.80. The second-order valence-electron chi connectivity index (χ2n) is 4.25. The van der Waals surface area contributed by atoms with Crippen LogP contribution in [0, 0.1) is 0 Å². The van der Waals surface area contributed by atoms with Gasteiger partial charge in [0.15, 0.2) is 0 Å². The third-order valence-electron chi connectivity index (χ3n) is 2.41. The van der Waals surface area contributed by atoms with Crippen LogP contribution in [0.15, 0.2) is 12.2 Å². The maximum Gasteiger partial charge on any atom is 0.327 e. The monoisotopic (exact) mass is 273 g/mol. The third-order valence-corrected chi connectivity index (χ3v) is 2.41. The average Bonchev–Trinajstić information content (AvgIpc) is 2.37. The zero-order valence-corrected chi connectivity index (χ0v) is 11.8. The normalized spacial score (nSPS) is 10.0. The molecule has 0 aromatic heterocycles. The fraction of sp³-hybridized carbons (Fsp3) is 0.714. The summed E-state index contributed by atoms with van der Waals surface area (Å²) in [7, 11) is 0. The van der Waals surface area contributed by atoms with E-state index in [9.17, 15) is 9.59 Å². The Hall–Kier alpha value is -1.36. The Morgan fingerprint density at radius 1 is 1.00 bits per heavy atom. The first-order valence-corrected chi connectivity index (χ1v) is 6.85. The number of allylic oxidation sites excluding steroid dienone is 1. The van der Waals surface area contributed by atoms with Gasteiger partial charge >= 0.3 is 11.9 Å². The van der Waals surface area contributed by atoms with Crippen LogP contribution in [-0.2, 0) is 9.59 Å². The maximum absolute atomic E-state index is 10.1. The van der Waals surface area contributed by atoms with Crippen LogP contribution in [0.25, 0.3) is 0 Å². The molecule has 0 amide bonds. The van der Waals surface area contributed by atoms with Gasteiger partial charge in [-0.3, -0.25) is 4.79 Å². The number of hydrogen-bond acceptors (Lipinski definition) is 3. The first kappa shape index (κ1) is 20.0. The number of carboxylic acids is 2. The van der Waals surface area contributed by atoms with E-state index in [-0.39, 0.29) is 6.54 Å². The van der Waals surface area contributed by atoms with E-state index in [1.807, 2.05) is 0 Å². The summed E-state index contributed by atoms with van der Waals surface area (Å²) >= 11 is 0. The van der Waals surface area contributed by atoms with Gasteiger partial charge in [0, 0.05) is 6.08 Å². The van der Waals surface area contributed by atoms with Crippen molar-refractivity contribution in [2.24, 2.45) is 5.73 Å². The molecule has 0 heterocycles. The van der Waals surface area contributed by atoms with E-state index in [0.29, 0.717) is 0 Å². The van der Waals surface area contributed by atoms with Crippen LogP contribution in [0.4, 0.5) is 0 Å². The largest absolute Gasteiger partial charge is 0.480 e. The van der Waals surface area contributed by atoms with Crippen molar-refractivity contribution in [2.45, 2.75) is 58.3 Å². The van der Waals surface area contributed by atoms with Gasteiger partial charge in [0.2, 0.25) is 0 Å². The van der Waals surface area contributed by atoms with Crippen molar-refractivity contribution >= 4 is 11.9 Å². The van der Waals surface area contributed by atoms with Gasteiger partial charge in [-0.2, -0.15) is 0 Å². The summed E-state index contributed by atoms with van der Waals surface area (Å²) in [6.07, 6.45) is 12.8. The third kappa shape index (κ3) is 26.3. The van der Waals surface area contributed by atoms with Crippen LogP contribution >= 0.6 is 0 Å². The summed E-state index contributed by atoms with van der Waals surface area (Å²) in [6.45, 7) is 1.94. The number of nitrogens with two attached hydrogens (primary N) is 1. The Morgan fingerprint density at radius 3 is 1.89 bits per heavy atom. The molecular formula is C14H27NO4. The second-order valence-corrected chi connectivity index (χ2v) is 4.25. The van der Waals surface area contributed by atoms with Gasteiger partial charge in [0.05, 0.1) is 6.54 Å². The summed E-state index contributed by atoms with van der Waals surface area (Å²) in [5.41, 5.74) is 4.57. The molecule has 0 atom stereocenters. The molecule has 0 aliphatic carbocycles. The van der Waals surface area contributed by atoms with Crippen LogP contribution < -0.4 is 5.73 Å². The van der Waals surface area contributed by atoms with Gasteiger partial charge < -0.3 is 15.9 Å². The van der Waals surface area contributed by atoms with Crippen molar-refractivity contribution in [1.82, 2.24) is 0 Å². The molecule has 0 unspecified atom stereocenters. The quantitative estimate of drug-likeness (QED) is 0.419. The predicted molar refractivity (Wildman–Crippen MR) is 76.1 cm³/mol. The van der Waals surface area contributed by atoms with E-state index >= 15 is 0 Å². The topological polar surface area (TPSA) is 101 Å². The van der Waals surface area contributed by atoms with E-state index in [4.69, 9.17) is 10.2 Å². The molecule has 5 nitrogen and oxygen atoms in total. The molecule has 0 saturated heterocycles. The van der Waals surface area contributed by atoms with Gasteiger partial charge in [-0.05, 0) is 12.8 Å². The highest BCUT2D eigenvalue weighted by Gasteiger charge is 1.90. The fourth-order valence-corrected chi connectivity index (χ4v) is 1.40. The van der Waals surface area contributed by atoms with Crippen LogP contribution in [0.2, 0.25) is 0 Å². The maximum atomic E-state index is 10.1. The summed E-state index contributed by atoms with van der Waals surface area (Å²) in [5.74, 6) is -1.81. The lowest BCUT2D eigenvalue weighted by molar-refractivity contribution is -0.135. The number of carboxylic acid groups (broad SMARTS) is 2. The number of unbranched alkanes of at least 4 members (excludes halogenated alkanes) is 7. The molecule has 0 rings (SSSR count). The molecule has 112 valence electrons. The van der Waals surface area contributed by atoms with E-state index < -0.39 is 11.9 Å². The Morgan fingerprint density at radius 2 is 1.47 bits per heavy atom. The summed E-state index contributed by atoms with van der Waals surface area (Å²) in [4.78, 5) is 19.4. The fourth-order valence-electron chi connectivity index (χ4n) is 1.40. The van der Waals surface area contributed by atoms with Gasteiger partial charge in [0.1, 0.15) is 0 Å². The van der Waals surface area contributed by atoms with Crippen molar-refractivity contribution in [3.8, 4) is 0 Å². The summed E-state index contributed by atoms with van der Waals surface area (Å²) in [5, 5.41) is 15.9. The summed E-state index contributed by atoms with van der Waals surface area (Å²) < 4.78 is 0. The van der Waals surface area contributed by atoms with Gasteiger partial charge in [-0.15, -0.1) is 0 Å². The zero-order chi connectivity index (χ0) is 14.9. The Labute approximate surface area is 115 Å². The molecule has 0 radical (unpaired) electrons. The average molecular weight is 273 g/mol. The Kier molecular flexibility index (Phi) is 17.5. The first-order valence-electron chi connectivity index (χ1n) is 6.85. The molecule has 0 fully saturated rings. The van der Waals surface area contributed by atoms with Crippen LogP contribution in [0.1, 0.15) is 58.3 Å². The number of hydrogen-bond donors (Lipinski definition) is 3. The van der Waals surface area contributed by atoms with E-state index in [1.165, 1.54) is 44.6 Å². The minimum atomic E-state index is -0.968. The molecule has 0 spiro atoms. The lowest BCUT2D eigenvalue weighted by atomic mass is 10.1. The Bertz CT molecular complexity index is 252. The van der Waals surface area contributed by atoms with Crippen molar-refractivity contribution in [2.75, 3.05) is 6.54 Å². The van der Waals surface area contributed by atoms with Crippen molar-refractivity contribution in [1.29, 1.82) is 0 Å². The van der Waals surface area contributed by atoms with Crippen molar-refractivity contribution < 1.29 is 19.8 Å². The second kappa shape index (κ2) is 16.6. The first-order chi connectivity index (χ1) is 9.04. The molecular weight excluding hydrogens is 246 g/mol. The highest BCUT2D eigenvalue weighted by atomic mass is 16.4. The molecule has 0 aromatic rings. The van der Waals surface area contributed by atoms with Gasteiger partial charge in [-0.1, -0.05) is 51.5 Å². The Balaban J connectivity index is 0. The van der Waals surface area contributed by atoms with Crippen LogP contribution in [0.3, 0.4) is 0 Å². The highest BCUT2D eigenvalue weighted by Crippen LogP contribution is 2.08. The highest BCUT2D eigenvalue weighted by molar-refractivity contribution is 5.79. The number of aliphatic carboxylic acids is 2. The van der Waals surface area contributed by atoms with Crippen LogP contribution in [-0.4, -0.2) is 28.7 Å². The van der Waals surface area contributed by atoms with Crippen molar-refractivity contribution in [3.05, 3.63) is 12.2 Å². The molecule has 0 saturated carbocycles. The lowest BCUT2D eigenvalue weighted by Gasteiger charge is -1.98. The van der Waals surface area contributed by atoms with E-state index in [2.05, 4.69) is 12.7 Å².